The first-order valence-electron chi connectivity index (χ1n) is 6.45. The molecule has 5 atom stereocenters. The van der Waals surface area contributed by atoms with Crippen LogP contribution in [0.25, 0.3) is 0 Å². The van der Waals surface area contributed by atoms with Crippen LogP contribution in [0.3, 0.4) is 0 Å². The van der Waals surface area contributed by atoms with Crippen molar-refractivity contribution in [3.05, 3.63) is 0 Å². The predicted molar refractivity (Wildman–Crippen MR) is 67.8 cm³/mol. The maximum atomic E-state index is 11.3. The predicted octanol–water partition coefficient (Wildman–Crippen LogP) is 0.400. The van der Waals surface area contributed by atoms with Crippen molar-refractivity contribution in [3.8, 4) is 0 Å². The van der Waals surface area contributed by atoms with Gasteiger partial charge in [0.05, 0.1) is 12.2 Å². The summed E-state index contributed by atoms with van der Waals surface area (Å²) in [4.78, 5) is 11.3. The maximum absolute atomic E-state index is 11.3. The minimum absolute atomic E-state index is 0.275. The highest BCUT2D eigenvalue weighted by molar-refractivity contribution is 5.73. The van der Waals surface area contributed by atoms with Gasteiger partial charge in [-0.15, -0.1) is 0 Å². The number of hydrogen-bond donors (Lipinski definition) is 3. The summed E-state index contributed by atoms with van der Waals surface area (Å²) in [6.45, 7) is 8.91. The number of carbonyl (C=O) groups is 1. The van der Waals surface area contributed by atoms with Gasteiger partial charge in [0.25, 0.3) is 0 Å². The number of ether oxygens (including phenoxy) is 2. The Kier molecular flexibility index (Phi) is 4.95. The second-order valence-electron chi connectivity index (χ2n) is 6.31. The summed E-state index contributed by atoms with van der Waals surface area (Å²) in [5.41, 5.74) is -0.489. The molecule has 0 spiro atoms. The standard InChI is InChI=1S/C13H24O6/c1-6(2)18-9-7(14)8(15)11(13(3,4)5)19-10(9)12(16)17/h6-11,14-15H,1-5H3,(H,16,17). The summed E-state index contributed by atoms with van der Waals surface area (Å²) in [7, 11) is 0. The van der Waals surface area contributed by atoms with E-state index in [4.69, 9.17) is 9.47 Å². The highest BCUT2D eigenvalue weighted by Crippen LogP contribution is 2.34. The first kappa shape index (κ1) is 16.4. The van der Waals surface area contributed by atoms with Gasteiger partial charge in [-0.3, -0.25) is 0 Å². The molecule has 1 saturated heterocycles. The first-order valence-corrected chi connectivity index (χ1v) is 6.45. The average molecular weight is 276 g/mol. The second kappa shape index (κ2) is 5.75. The molecule has 0 aliphatic carbocycles. The van der Waals surface area contributed by atoms with Crippen LogP contribution in [0.5, 0.6) is 0 Å². The Morgan fingerprint density at radius 2 is 1.74 bits per heavy atom. The summed E-state index contributed by atoms with van der Waals surface area (Å²) < 4.78 is 10.9. The van der Waals surface area contributed by atoms with Crippen LogP contribution >= 0.6 is 0 Å². The van der Waals surface area contributed by atoms with Crippen LogP contribution in [0.15, 0.2) is 0 Å². The molecule has 0 aromatic rings. The molecule has 6 nitrogen and oxygen atoms in total. The van der Waals surface area contributed by atoms with Crippen LogP contribution in [0, 0.1) is 5.41 Å². The quantitative estimate of drug-likeness (QED) is 0.690. The molecule has 0 amide bonds. The largest absolute Gasteiger partial charge is 0.479 e. The Labute approximate surface area is 113 Å². The highest BCUT2D eigenvalue weighted by Gasteiger charge is 2.51. The third-order valence-electron chi connectivity index (χ3n) is 3.11. The molecule has 6 heteroatoms. The molecule has 1 heterocycles. The van der Waals surface area contributed by atoms with Crippen molar-refractivity contribution in [3.63, 3.8) is 0 Å². The minimum atomic E-state index is -1.29. The van der Waals surface area contributed by atoms with Crippen LogP contribution < -0.4 is 0 Å². The lowest BCUT2D eigenvalue weighted by Gasteiger charge is -2.46. The lowest BCUT2D eigenvalue weighted by atomic mass is 9.80. The van der Waals surface area contributed by atoms with E-state index in [9.17, 15) is 20.1 Å². The number of aliphatic hydroxyl groups is 2. The van der Waals surface area contributed by atoms with Crippen LogP contribution in [0.1, 0.15) is 34.6 Å². The Balaban J connectivity index is 3.00. The second-order valence-corrected chi connectivity index (χ2v) is 6.31. The third kappa shape index (κ3) is 3.66. The first-order chi connectivity index (χ1) is 8.55. The summed E-state index contributed by atoms with van der Waals surface area (Å²) in [5, 5.41) is 29.4. The molecular weight excluding hydrogens is 252 g/mol. The molecule has 0 aromatic heterocycles. The number of rotatable bonds is 3. The van der Waals surface area contributed by atoms with Gasteiger partial charge in [-0.2, -0.15) is 0 Å². The van der Waals surface area contributed by atoms with Crippen LogP contribution in [-0.4, -0.2) is 57.9 Å². The van der Waals surface area contributed by atoms with E-state index in [1.165, 1.54) is 0 Å². The molecule has 0 aromatic carbocycles. The molecule has 1 aliphatic rings. The van der Waals surface area contributed by atoms with Crippen LogP contribution in [0.2, 0.25) is 0 Å². The van der Waals surface area contributed by atoms with Crippen LogP contribution in [0.4, 0.5) is 0 Å². The molecule has 0 saturated carbocycles. The van der Waals surface area contributed by atoms with Crippen molar-refractivity contribution in [2.75, 3.05) is 0 Å². The molecule has 3 N–H and O–H groups in total. The van der Waals surface area contributed by atoms with Crippen molar-refractivity contribution < 1.29 is 29.6 Å². The van der Waals surface area contributed by atoms with E-state index in [2.05, 4.69) is 0 Å². The average Bonchev–Trinajstić information content (AvgIpc) is 2.22. The number of carboxylic acid groups (broad SMARTS) is 1. The summed E-state index contributed by atoms with van der Waals surface area (Å²) in [6, 6.07) is 0. The molecule has 19 heavy (non-hydrogen) atoms. The Bertz CT molecular complexity index is 322. The van der Waals surface area contributed by atoms with Crippen molar-refractivity contribution in [2.45, 2.75) is 71.2 Å². The Morgan fingerprint density at radius 1 is 1.21 bits per heavy atom. The smallest absolute Gasteiger partial charge is 0.335 e. The van der Waals surface area contributed by atoms with Gasteiger partial charge >= 0.3 is 5.97 Å². The lowest BCUT2D eigenvalue weighted by molar-refractivity contribution is -0.260. The Morgan fingerprint density at radius 3 is 2.11 bits per heavy atom. The zero-order chi connectivity index (χ0) is 15.0. The third-order valence-corrected chi connectivity index (χ3v) is 3.11. The van der Waals surface area contributed by atoms with Crippen LogP contribution in [-0.2, 0) is 14.3 Å². The van der Waals surface area contributed by atoms with Gasteiger partial charge in [0, 0.05) is 0 Å². The zero-order valence-electron chi connectivity index (χ0n) is 12.0. The Hall–Kier alpha value is -0.690. The maximum Gasteiger partial charge on any atom is 0.335 e. The van der Waals surface area contributed by atoms with Gasteiger partial charge in [-0.1, -0.05) is 20.8 Å². The van der Waals surface area contributed by atoms with Crippen molar-refractivity contribution in [1.29, 1.82) is 0 Å². The van der Waals surface area contributed by atoms with Gasteiger partial charge < -0.3 is 24.8 Å². The minimum Gasteiger partial charge on any atom is -0.479 e. The summed E-state index contributed by atoms with van der Waals surface area (Å²) in [5.74, 6) is -1.20. The highest BCUT2D eigenvalue weighted by atomic mass is 16.6. The van der Waals surface area contributed by atoms with E-state index in [1.807, 2.05) is 20.8 Å². The molecular formula is C13H24O6. The SMILES string of the molecule is CC(C)OC1C(C(=O)O)OC(C(C)(C)C)C(O)C1O. The fraction of sp³-hybridized carbons (Fsp3) is 0.923. The van der Waals surface area contributed by atoms with E-state index in [-0.39, 0.29) is 6.10 Å². The van der Waals surface area contributed by atoms with E-state index in [0.717, 1.165) is 0 Å². The molecule has 0 radical (unpaired) electrons. The fourth-order valence-electron chi connectivity index (χ4n) is 2.25. The normalized spacial score (nSPS) is 36.5. The molecule has 5 unspecified atom stereocenters. The van der Waals surface area contributed by atoms with Crippen molar-refractivity contribution >= 4 is 5.97 Å². The van der Waals surface area contributed by atoms with Gasteiger partial charge in [-0.25, -0.2) is 4.79 Å². The van der Waals surface area contributed by atoms with Crippen molar-refractivity contribution in [2.24, 2.45) is 5.41 Å². The van der Waals surface area contributed by atoms with Gasteiger partial charge in [-0.05, 0) is 19.3 Å². The molecule has 1 aliphatic heterocycles. The van der Waals surface area contributed by atoms with E-state index < -0.39 is 41.9 Å². The molecule has 1 fully saturated rings. The number of aliphatic hydroxyl groups excluding tert-OH is 2. The molecule has 1 rings (SSSR count). The topological polar surface area (TPSA) is 96.2 Å². The van der Waals surface area contributed by atoms with E-state index >= 15 is 0 Å². The van der Waals surface area contributed by atoms with Crippen molar-refractivity contribution in [1.82, 2.24) is 0 Å². The monoisotopic (exact) mass is 276 g/mol. The van der Waals surface area contributed by atoms with Gasteiger partial charge in [0.1, 0.15) is 18.3 Å². The molecule has 0 bridgehead atoms. The number of carboxylic acids is 1. The van der Waals surface area contributed by atoms with E-state index in [0.29, 0.717) is 0 Å². The van der Waals surface area contributed by atoms with Gasteiger partial charge in [0.2, 0.25) is 0 Å². The molecule has 112 valence electrons. The van der Waals surface area contributed by atoms with Gasteiger partial charge in [0.15, 0.2) is 6.10 Å². The summed E-state index contributed by atoms with van der Waals surface area (Å²) >= 11 is 0. The summed E-state index contributed by atoms with van der Waals surface area (Å²) in [6.07, 6.45) is -5.88. The zero-order valence-corrected chi connectivity index (χ0v) is 12.0. The fourth-order valence-corrected chi connectivity index (χ4v) is 2.25. The number of hydrogen-bond acceptors (Lipinski definition) is 5. The lowest BCUT2D eigenvalue weighted by Crippen LogP contribution is -2.63. The number of aliphatic carboxylic acids is 1. The van der Waals surface area contributed by atoms with E-state index in [1.54, 1.807) is 13.8 Å².